The highest BCUT2D eigenvalue weighted by atomic mass is 79.9. The summed E-state index contributed by atoms with van der Waals surface area (Å²) >= 11 is 9.78. The number of rotatable bonds is 3. The summed E-state index contributed by atoms with van der Waals surface area (Å²) in [5.41, 5.74) is 1.02. The van der Waals surface area contributed by atoms with E-state index in [9.17, 15) is 0 Å². The Balaban J connectivity index is 2.03. The molecule has 2 aromatic heterocycles. The summed E-state index contributed by atoms with van der Waals surface area (Å²) < 4.78 is 6.56. The van der Waals surface area contributed by atoms with Gasteiger partial charge in [0.15, 0.2) is 11.6 Å². The van der Waals surface area contributed by atoms with Gasteiger partial charge >= 0.3 is 0 Å². The number of hydrogen-bond donors (Lipinski definition) is 0. The summed E-state index contributed by atoms with van der Waals surface area (Å²) in [5.74, 6) is 2.68. The molecule has 3 nitrogen and oxygen atoms in total. The summed E-state index contributed by atoms with van der Waals surface area (Å²) in [5, 5.41) is 0.464. The van der Waals surface area contributed by atoms with E-state index in [1.165, 1.54) is 25.7 Å². The van der Waals surface area contributed by atoms with Crippen LogP contribution in [-0.4, -0.2) is 9.97 Å². The molecule has 1 fully saturated rings. The first-order valence-electron chi connectivity index (χ1n) is 7.01. The molecular weight excluding hydrogens is 340 g/mol. The molecule has 0 aliphatic heterocycles. The maximum Gasteiger partial charge on any atom is 0.197 e. The van der Waals surface area contributed by atoms with Crippen LogP contribution < -0.4 is 0 Å². The predicted molar refractivity (Wildman–Crippen MR) is 83.0 cm³/mol. The lowest BCUT2D eigenvalue weighted by Crippen LogP contribution is -2.02. The third kappa shape index (κ3) is 2.63. The van der Waals surface area contributed by atoms with E-state index in [-0.39, 0.29) is 0 Å². The molecule has 3 rings (SSSR count). The Bertz CT molecular complexity index is 620. The Morgan fingerprint density at radius 2 is 2.05 bits per heavy atom. The van der Waals surface area contributed by atoms with Gasteiger partial charge in [0.2, 0.25) is 0 Å². The minimum absolute atomic E-state index is 0.464. The van der Waals surface area contributed by atoms with Crippen LogP contribution in [0.5, 0.6) is 0 Å². The summed E-state index contributed by atoms with van der Waals surface area (Å²) in [6.45, 7) is 2.06. The fourth-order valence-electron chi connectivity index (χ4n) is 2.70. The Kier molecular flexibility index (Phi) is 4.13. The van der Waals surface area contributed by atoms with E-state index in [0.717, 1.165) is 22.3 Å². The van der Waals surface area contributed by atoms with Crippen LogP contribution in [0.3, 0.4) is 0 Å². The Morgan fingerprint density at radius 3 is 2.70 bits per heavy atom. The van der Waals surface area contributed by atoms with Gasteiger partial charge in [-0.15, -0.1) is 0 Å². The molecule has 5 heteroatoms. The normalized spacial score (nSPS) is 15.9. The number of furan rings is 1. The van der Waals surface area contributed by atoms with Crippen molar-refractivity contribution in [1.29, 1.82) is 0 Å². The first-order valence-corrected chi connectivity index (χ1v) is 8.18. The van der Waals surface area contributed by atoms with Gasteiger partial charge in [-0.05, 0) is 40.9 Å². The Hall–Kier alpha value is -0.870. The minimum atomic E-state index is 0.464. The van der Waals surface area contributed by atoms with Crippen molar-refractivity contribution in [3.05, 3.63) is 33.2 Å². The molecule has 0 amide bonds. The minimum Gasteiger partial charge on any atom is -0.458 e. The number of nitrogens with zero attached hydrogens (tertiary/aromatic N) is 2. The van der Waals surface area contributed by atoms with Crippen LogP contribution >= 0.6 is 27.5 Å². The zero-order valence-electron chi connectivity index (χ0n) is 11.3. The molecule has 0 atom stereocenters. The van der Waals surface area contributed by atoms with E-state index in [1.54, 1.807) is 0 Å². The SMILES string of the molecule is CCc1ccc(-c2nc(Cl)c(Br)c(C3CCCC3)n2)o1. The first-order chi connectivity index (χ1) is 9.69. The molecule has 0 N–H and O–H groups in total. The van der Waals surface area contributed by atoms with Gasteiger partial charge in [0.25, 0.3) is 0 Å². The van der Waals surface area contributed by atoms with E-state index in [0.29, 0.717) is 22.7 Å². The number of hydrogen-bond acceptors (Lipinski definition) is 3. The molecule has 0 aromatic carbocycles. The van der Waals surface area contributed by atoms with Crippen LogP contribution in [0, 0.1) is 0 Å². The average Bonchev–Trinajstić information content (AvgIpc) is 3.11. The van der Waals surface area contributed by atoms with Crippen molar-refractivity contribution in [3.8, 4) is 11.6 Å². The van der Waals surface area contributed by atoms with Crippen LogP contribution in [0.25, 0.3) is 11.6 Å². The van der Waals surface area contributed by atoms with Crippen molar-refractivity contribution < 1.29 is 4.42 Å². The molecule has 1 aliphatic carbocycles. The van der Waals surface area contributed by atoms with Gasteiger partial charge in [0.05, 0.1) is 10.2 Å². The topological polar surface area (TPSA) is 38.9 Å². The van der Waals surface area contributed by atoms with Crippen molar-refractivity contribution in [2.24, 2.45) is 0 Å². The zero-order chi connectivity index (χ0) is 14.1. The first kappa shape index (κ1) is 14.1. The smallest absolute Gasteiger partial charge is 0.197 e. The fourth-order valence-corrected chi connectivity index (χ4v) is 3.38. The number of halogens is 2. The average molecular weight is 356 g/mol. The van der Waals surface area contributed by atoms with Gasteiger partial charge < -0.3 is 4.42 Å². The van der Waals surface area contributed by atoms with E-state index < -0.39 is 0 Å². The maximum atomic E-state index is 6.25. The lowest BCUT2D eigenvalue weighted by atomic mass is 10.0. The van der Waals surface area contributed by atoms with Crippen molar-refractivity contribution in [3.63, 3.8) is 0 Å². The predicted octanol–water partition coefficient (Wildman–Crippen LogP) is 5.37. The lowest BCUT2D eigenvalue weighted by molar-refractivity contribution is 0.524. The summed E-state index contributed by atoms with van der Waals surface area (Å²) in [6.07, 6.45) is 5.72. The Labute approximate surface area is 131 Å². The van der Waals surface area contributed by atoms with Crippen LogP contribution in [0.1, 0.15) is 50.0 Å². The monoisotopic (exact) mass is 354 g/mol. The van der Waals surface area contributed by atoms with Crippen LogP contribution in [-0.2, 0) is 6.42 Å². The Morgan fingerprint density at radius 1 is 1.30 bits per heavy atom. The lowest BCUT2D eigenvalue weighted by Gasteiger charge is -2.12. The van der Waals surface area contributed by atoms with E-state index >= 15 is 0 Å². The van der Waals surface area contributed by atoms with Gasteiger partial charge in [-0.3, -0.25) is 0 Å². The standard InChI is InChI=1S/C15H16BrClN2O/c1-2-10-7-8-11(20-10)15-18-13(9-5-3-4-6-9)12(16)14(17)19-15/h7-9H,2-6H2,1H3. The second-order valence-corrected chi connectivity index (χ2v) is 6.29. The van der Waals surface area contributed by atoms with Gasteiger partial charge in [-0.25, -0.2) is 9.97 Å². The van der Waals surface area contributed by atoms with Crippen molar-refractivity contribution >= 4 is 27.5 Å². The summed E-state index contributed by atoms with van der Waals surface area (Å²) in [7, 11) is 0. The summed E-state index contributed by atoms with van der Waals surface area (Å²) in [4.78, 5) is 9.03. The molecule has 2 heterocycles. The fraction of sp³-hybridized carbons (Fsp3) is 0.467. The molecule has 1 aliphatic rings. The van der Waals surface area contributed by atoms with Crippen molar-refractivity contribution in [1.82, 2.24) is 9.97 Å². The highest BCUT2D eigenvalue weighted by molar-refractivity contribution is 9.10. The molecule has 0 radical (unpaired) electrons. The van der Waals surface area contributed by atoms with Gasteiger partial charge in [-0.1, -0.05) is 31.4 Å². The third-order valence-corrected chi connectivity index (χ3v) is 5.09. The molecule has 20 heavy (non-hydrogen) atoms. The number of aryl methyl sites for hydroxylation is 1. The highest BCUT2D eigenvalue weighted by Crippen LogP contribution is 2.39. The quantitative estimate of drug-likeness (QED) is 0.694. The van der Waals surface area contributed by atoms with Crippen molar-refractivity contribution in [2.75, 3.05) is 0 Å². The van der Waals surface area contributed by atoms with Crippen LogP contribution in [0.4, 0.5) is 0 Å². The molecule has 0 saturated heterocycles. The highest BCUT2D eigenvalue weighted by Gasteiger charge is 2.24. The van der Waals surface area contributed by atoms with Crippen LogP contribution in [0.2, 0.25) is 5.15 Å². The van der Waals surface area contributed by atoms with E-state index in [1.807, 2.05) is 12.1 Å². The largest absolute Gasteiger partial charge is 0.458 e. The molecular formula is C15H16BrClN2O. The third-order valence-electron chi connectivity index (χ3n) is 3.81. The van der Waals surface area contributed by atoms with E-state index in [2.05, 4.69) is 27.8 Å². The molecule has 0 unspecified atom stereocenters. The van der Waals surface area contributed by atoms with Gasteiger partial charge in [-0.2, -0.15) is 0 Å². The molecule has 2 aromatic rings. The maximum absolute atomic E-state index is 6.25. The molecule has 106 valence electrons. The second kappa shape index (κ2) is 5.86. The summed E-state index contributed by atoms with van der Waals surface area (Å²) in [6, 6.07) is 3.88. The van der Waals surface area contributed by atoms with Gasteiger partial charge in [0.1, 0.15) is 10.9 Å². The molecule has 0 spiro atoms. The van der Waals surface area contributed by atoms with Crippen LogP contribution in [0.15, 0.2) is 21.0 Å². The molecule has 0 bridgehead atoms. The zero-order valence-corrected chi connectivity index (χ0v) is 13.7. The van der Waals surface area contributed by atoms with Crippen molar-refractivity contribution in [2.45, 2.75) is 44.9 Å². The second-order valence-electron chi connectivity index (χ2n) is 5.14. The van der Waals surface area contributed by atoms with E-state index in [4.69, 9.17) is 21.0 Å². The van der Waals surface area contributed by atoms with Gasteiger partial charge in [0, 0.05) is 12.3 Å². The molecule has 1 saturated carbocycles. The number of aromatic nitrogens is 2.